The van der Waals surface area contributed by atoms with Crippen LogP contribution in [-0.2, 0) is 9.63 Å². The first-order chi connectivity index (χ1) is 8.47. The molecule has 0 spiro atoms. The number of carbonyl (C=O) groups is 1. The van der Waals surface area contributed by atoms with Gasteiger partial charge in [0.1, 0.15) is 0 Å². The summed E-state index contributed by atoms with van der Waals surface area (Å²) in [7, 11) is 0. The SMILES string of the molecule is CC(C)(C)C(=O)ON=Cc1ccc2[nH]ccc2c1. The summed E-state index contributed by atoms with van der Waals surface area (Å²) in [6.07, 6.45) is 3.42. The van der Waals surface area contributed by atoms with Crippen LogP contribution >= 0.6 is 0 Å². The molecule has 0 fully saturated rings. The van der Waals surface area contributed by atoms with E-state index in [9.17, 15) is 4.79 Å². The number of hydrogen-bond acceptors (Lipinski definition) is 3. The van der Waals surface area contributed by atoms with Crippen molar-refractivity contribution >= 4 is 23.1 Å². The van der Waals surface area contributed by atoms with Crippen LogP contribution in [0, 0.1) is 5.41 Å². The van der Waals surface area contributed by atoms with Gasteiger partial charge in [-0.05, 0) is 49.9 Å². The number of oxime groups is 1. The summed E-state index contributed by atoms with van der Waals surface area (Å²) in [5, 5.41) is 4.81. The zero-order chi connectivity index (χ0) is 13.2. The van der Waals surface area contributed by atoms with Crippen molar-refractivity contribution in [2.75, 3.05) is 0 Å². The van der Waals surface area contributed by atoms with Gasteiger partial charge >= 0.3 is 5.97 Å². The normalized spacial score (nSPS) is 12.2. The Balaban J connectivity index is 2.07. The van der Waals surface area contributed by atoms with Crippen LogP contribution in [-0.4, -0.2) is 17.2 Å². The van der Waals surface area contributed by atoms with Gasteiger partial charge in [0.2, 0.25) is 0 Å². The molecule has 0 saturated heterocycles. The van der Waals surface area contributed by atoms with Crippen LogP contribution in [0.5, 0.6) is 0 Å². The first-order valence-corrected chi connectivity index (χ1v) is 5.79. The van der Waals surface area contributed by atoms with Gasteiger partial charge in [0.05, 0.1) is 11.6 Å². The molecule has 1 heterocycles. The number of fused-ring (bicyclic) bond motifs is 1. The average Bonchev–Trinajstić information content (AvgIpc) is 2.74. The monoisotopic (exact) mass is 244 g/mol. The maximum Gasteiger partial charge on any atom is 0.340 e. The fourth-order valence-electron chi connectivity index (χ4n) is 1.42. The number of aromatic amines is 1. The molecule has 0 amide bonds. The van der Waals surface area contributed by atoms with Crippen LogP contribution < -0.4 is 0 Å². The van der Waals surface area contributed by atoms with Crippen molar-refractivity contribution in [3.63, 3.8) is 0 Å². The maximum absolute atomic E-state index is 11.5. The summed E-state index contributed by atoms with van der Waals surface area (Å²) in [4.78, 5) is 19.4. The third-order valence-corrected chi connectivity index (χ3v) is 2.53. The predicted molar refractivity (Wildman–Crippen MR) is 71.4 cm³/mol. The van der Waals surface area contributed by atoms with E-state index in [2.05, 4.69) is 10.1 Å². The summed E-state index contributed by atoms with van der Waals surface area (Å²) < 4.78 is 0. The molecule has 4 nitrogen and oxygen atoms in total. The van der Waals surface area contributed by atoms with E-state index in [1.165, 1.54) is 6.21 Å². The minimum Gasteiger partial charge on any atom is -0.361 e. The molecular weight excluding hydrogens is 228 g/mol. The molecule has 1 aromatic heterocycles. The standard InChI is InChI=1S/C14H16N2O2/c1-14(2,3)13(17)18-16-9-10-4-5-12-11(8-10)6-7-15-12/h4-9,15H,1-3H3. The summed E-state index contributed by atoms with van der Waals surface area (Å²) in [5.41, 5.74) is 1.42. The molecule has 0 aliphatic carbocycles. The Morgan fingerprint density at radius 3 is 2.83 bits per heavy atom. The van der Waals surface area contributed by atoms with Gasteiger partial charge in [-0.1, -0.05) is 11.2 Å². The highest BCUT2D eigenvalue weighted by atomic mass is 16.7. The Kier molecular flexibility index (Phi) is 3.19. The quantitative estimate of drug-likeness (QED) is 0.501. The third kappa shape index (κ3) is 2.77. The van der Waals surface area contributed by atoms with E-state index in [1.54, 1.807) is 20.8 Å². The first kappa shape index (κ1) is 12.4. The Hall–Kier alpha value is -2.10. The van der Waals surface area contributed by atoms with Crippen molar-refractivity contribution in [1.29, 1.82) is 0 Å². The van der Waals surface area contributed by atoms with Crippen molar-refractivity contribution in [2.24, 2.45) is 10.6 Å². The molecule has 0 bridgehead atoms. The van der Waals surface area contributed by atoms with Crippen LogP contribution in [0.2, 0.25) is 0 Å². The summed E-state index contributed by atoms with van der Waals surface area (Å²) in [6.45, 7) is 5.37. The van der Waals surface area contributed by atoms with Gasteiger partial charge in [-0.3, -0.25) is 0 Å². The number of nitrogens with one attached hydrogen (secondary N) is 1. The molecule has 2 aromatic rings. The Morgan fingerprint density at radius 1 is 1.33 bits per heavy atom. The molecule has 18 heavy (non-hydrogen) atoms. The highest BCUT2D eigenvalue weighted by Crippen LogP contribution is 2.16. The zero-order valence-corrected chi connectivity index (χ0v) is 10.7. The summed E-state index contributed by atoms with van der Waals surface area (Å²) in [5.74, 6) is -0.346. The van der Waals surface area contributed by atoms with Crippen LogP contribution in [0.15, 0.2) is 35.6 Å². The van der Waals surface area contributed by atoms with E-state index in [1.807, 2.05) is 30.5 Å². The van der Waals surface area contributed by atoms with E-state index < -0.39 is 5.41 Å². The Labute approximate surface area is 106 Å². The summed E-state index contributed by atoms with van der Waals surface area (Å²) in [6, 6.07) is 7.82. The molecule has 0 atom stereocenters. The molecular formula is C14H16N2O2. The van der Waals surface area contributed by atoms with Crippen LogP contribution in [0.1, 0.15) is 26.3 Å². The second-order valence-corrected chi connectivity index (χ2v) is 5.19. The van der Waals surface area contributed by atoms with Crippen molar-refractivity contribution < 1.29 is 9.63 Å². The summed E-state index contributed by atoms with van der Waals surface area (Å²) >= 11 is 0. The molecule has 4 heteroatoms. The zero-order valence-electron chi connectivity index (χ0n) is 10.7. The van der Waals surface area contributed by atoms with Crippen LogP contribution in [0.4, 0.5) is 0 Å². The first-order valence-electron chi connectivity index (χ1n) is 5.79. The van der Waals surface area contributed by atoms with E-state index in [-0.39, 0.29) is 5.97 Å². The number of aromatic nitrogens is 1. The highest BCUT2D eigenvalue weighted by molar-refractivity contribution is 5.89. The fourth-order valence-corrected chi connectivity index (χ4v) is 1.42. The number of nitrogens with zero attached hydrogens (tertiary/aromatic N) is 1. The number of H-pyrrole nitrogens is 1. The van der Waals surface area contributed by atoms with Gasteiger partial charge in [0, 0.05) is 11.7 Å². The molecule has 0 radical (unpaired) electrons. The van der Waals surface area contributed by atoms with Gasteiger partial charge < -0.3 is 9.82 Å². The minimum absolute atomic E-state index is 0.346. The lowest BCUT2D eigenvalue weighted by Gasteiger charge is -2.12. The molecule has 2 rings (SSSR count). The highest BCUT2D eigenvalue weighted by Gasteiger charge is 2.23. The smallest absolute Gasteiger partial charge is 0.340 e. The topological polar surface area (TPSA) is 54.4 Å². The number of hydrogen-bond donors (Lipinski definition) is 1. The molecule has 0 saturated carbocycles. The lowest BCUT2D eigenvalue weighted by atomic mass is 9.98. The van der Waals surface area contributed by atoms with Crippen LogP contribution in [0.25, 0.3) is 10.9 Å². The lowest BCUT2D eigenvalue weighted by Crippen LogP contribution is -2.21. The molecule has 1 N–H and O–H groups in total. The third-order valence-electron chi connectivity index (χ3n) is 2.53. The van der Waals surface area contributed by atoms with Crippen molar-refractivity contribution in [1.82, 2.24) is 4.98 Å². The number of carbonyl (C=O) groups excluding carboxylic acids is 1. The van der Waals surface area contributed by atoms with Crippen molar-refractivity contribution in [2.45, 2.75) is 20.8 Å². The molecule has 0 aliphatic heterocycles. The van der Waals surface area contributed by atoms with E-state index in [4.69, 9.17) is 4.84 Å². The lowest BCUT2D eigenvalue weighted by molar-refractivity contribution is -0.152. The van der Waals surface area contributed by atoms with Gasteiger partial charge in [-0.2, -0.15) is 0 Å². The van der Waals surface area contributed by atoms with E-state index in [0.717, 1.165) is 16.5 Å². The van der Waals surface area contributed by atoms with E-state index in [0.29, 0.717) is 0 Å². The largest absolute Gasteiger partial charge is 0.361 e. The fraction of sp³-hybridized carbons (Fsp3) is 0.286. The van der Waals surface area contributed by atoms with Gasteiger partial charge in [0.15, 0.2) is 0 Å². The molecule has 94 valence electrons. The molecule has 1 aromatic carbocycles. The van der Waals surface area contributed by atoms with Crippen LogP contribution in [0.3, 0.4) is 0 Å². The van der Waals surface area contributed by atoms with Crippen molar-refractivity contribution in [3.05, 3.63) is 36.0 Å². The second-order valence-electron chi connectivity index (χ2n) is 5.19. The molecule has 0 aliphatic rings. The Bertz CT molecular complexity index is 591. The molecule has 0 unspecified atom stereocenters. The number of benzene rings is 1. The van der Waals surface area contributed by atoms with Gasteiger partial charge in [-0.25, -0.2) is 4.79 Å². The minimum atomic E-state index is -0.540. The Morgan fingerprint density at radius 2 is 2.11 bits per heavy atom. The van der Waals surface area contributed by atoms with Gasteiger partial charge in [0.25, 0.3) is 0 Å². The second kappa shape index (κ2) is 4.64. The predicted octanol–water partition coefficient (Wildman–Crippen LogP) is 3.09. The van der Waals surface area contributed by atoms with Crippen molar-refractivity contribution in [3.8, 4) is 0 Å². The van der Waals surface area contributed by atoms with Gasteiger partial charge in [-0.15, -0.1) is 0 Å². The maximum atomic E-state index is 11.5. The number of rotatable bonds is 2. The van der Waals surface area contributed by atoms with E-state index >= 15 is 0 Å². The average molecular weight is 244 g/mol.